The molecule has 0 atom stereocenters. The first-order valence-electron chi connectivity index (χ1n) is 8.37. The van der Waals surface area contributed by atoms with Crippen LogP contribution in [-0.2, 0) is 0 Å². The topological polar surface area (TPSA) is 84.8 Å². The van der Waals surface area contributed by atoms with Gasteiger partial charge in [-0.05, 0) is 36.8 Å². The maximum Gasteiger partial charge on any atom is 0.263 e. The third kappa shape index (κ3) is 2.80. The molecule has 4 rings (SSSR count). The minimum atomic E-state index is -0.0765. The minimum absolute atomic E-state index is 0.0765. The van der Waals surface area contributed by atoms with E-state index in [0.29, 0.717) is 16.1 Å². The molecular weight excluding hydrogens is 358 g/mol. The second-order valence-electron chi connectivity index (χ2n) is 6.49. The van der Waals surface area contributed by atoms with E-state index in [2.05, 4.69) is 21.4 Å². The van der Waals surface area contributed by atoms with Crippen LogP contribution in [0.2, 0.25) is 0 Å². The lowest BCUT2D eigenvalue weighted by molar-refractivity contribution is 0.0832. The van der Waals surface area contributed by atoms with Gasteiger partial charge in [-0.25, -0.2) is 4.98 Å². The molecule has 0 spiro atoms. The van der Waals surface area contributed by atoms with Crippen molar-refractivity contribution in [1.29, 1.82) is 5.26 Å². The maximum absolute atomic E-state index is 12.3. The molecule has 1 aromatic carbocycles. The molecule has 1 amide bonds. The molecule has 134 valence electrons. The summed E-state index contributed by atoms with van der Waals surface area (Å²) in [4.78, 5) is 22.7. The SMILES string of the molecule is Cc1c(Nc2c(C#N)cnc3sc(C(=O)N(C)C)cc23)ccc2[nH]ccc12. The van der Waals surface area contributed by atoms with Crippen LogP contribution in [0, 0.1) is 18.3 Å². The van der Waals surface area contributed by atoms with E-state index < -0.39 is 0 Å². The monoisotopic (exact) mass is 375 g/mol. The van der Waals surface area contributed by atoms with Gasteiger partial charge in [0.15, 0.2) is 0 Å². The number of H-pyrrole nitrogens is 1. The number of nitrogens with one attached hydrogen (secondary N) is 2. The molecule has 3 aromatic heterocycles. The number of hydrogen-bond donors (Lipinski definition) is 2. The number of thiophene rings is 1. The molecule has 7 heteroatoms. The van der Waals surface area contributed by atoms with E-state index in [1.807, 2.05) is 37.4 Å². The smallest absolute Gasteiger partial charge is 0.263 e. The number of carbonyl (C=O) groups excluding carboxylic acids is 1. The fourth-order valence-corrected chi connectivity index (χ4v) is 4.12. The Morgan fingerprint density at radius 3 is 2.85 bits per heavy atom. The van der Waals surface area contributed by atoms with E-state index >= 15 is 0 Å². The molecule has 0 saturated heterocycles. The molecule has 0 fully saturated rings. The number of fused-ring (bicyclic) bond motifs is 2. The van der Waals surface area contributed by atoms with Gasteiger partial charge in [-0.15, -0.1) is 11.3 Å². The first-order chi connectivity index (χ1) is 13.0. The molecule has 0 saturated carbocycles. The molecule has 2 N–H and O–H groups in total. The molecule has 4 aromatic rings. The Morgan fingerprint density at radius 1 is 1.30 bits per heavy atom. The van der Waals surface area contributed by atoms with Gasteiger partial charge in [0.25, 0.3) is 5.91 Å². The Kier molecular flexibility index (Phi) is 4.05. The number of aromatic amines is 1. The normalized spacial score (nSPS) is 10.9. The van der Waals surface area contributed by atoms with Crippen LogP contribution in [0.1, 0.15) is 20.8 Å². The van der Waals surface area contributed by atoms with Crippen LogP contribution in [-0.4, -0.2) is 34.9 Å². The van der Waals surface area contributed by atoms with Crippen molar-refractivity contribution in [2.24, 2.45) is 0 Å². The third-order valence-electron chi connectivity index (χ3n) is 4.56. The zero-order chi connectivity index (χ0) is 19.1. The van der Waals surface area contributed by atoms with Crippen molar-refractivity contribution in [1.82, 2.24) is 14.9 Å². The number of nitriles is 1. The Labute approximate surface area is 160 Å². The van der Waals surface area contributed by atoms with E-state index in [4.69, 9.17) is 0 Å². The molecule has 0 radical (unpaired) electrons. The summed E-state index contributed by atoms with van der Waals surface area (Å²) in [6, 6.07) is 10.0. The average Bonchev–Trinajstić information content (AvgIpc) is 3.30. The van der Waals surface area contributed by atoms with Crippen molar-refractivity contribution < 1.29 is 4.79 Å². The van der Waals surface area contributed by atoms with Crippen molar-refractivity contribution in [2.75, 3.05) is 19.4 Å². The molecule has 6 nitrogen and oxygen atoms in total. The summed E-state index contributed by atoms with van der Waals surface area (Å²) in [6.07, 6.45) is 3.46. The van der Waals surface area contributed by atoms with Gasteiger partial charge in [-0.1, -0.05) is 0 Å². The number of rotatable bonds is 3. The molecule has 3 heterocycles. The zero-order valence-corrected chi connectivity index (χ0v) is 15.9. The predicted molar refractivity (Wildman–Crippen MR) is 109 cm³/mol. The van der Waals surface area contributed by atoms with E-state index in [-0.39, 0.29) is 5.91 Å². The van der Waals surface area contributed by atoms with E-state index in [9.17, 15) is 10.1 Å². The Bertz CT molecular complexity index is 1230. The zero-order valence-electron chi connectivity index (χ0n) is 15.1. The molecule has 0 aliphatic carbocycles. The van der Waals surface area contributed by atoms with Gasteiger partial charge in [0, 0.05) is 48.5 Å². The van der Waals surface area contributed by atoms with Crippen molar-refractivity contribution in [3.8, 4) is 6.07 Å². The highest BCUT2D eigenvalue weighted by atomic mass is 32.1. The Balaban J connectivity index is 1.87. The lowest BCUT2D eigenvalue weighted by Gasteiger charge is -2.12. The highest BCUT2D eigenvalue weighted by Gasteiger charge is 2.18. The van der Waals surface area contributed by atoms with Crippen molar-refractivity contribution >= 4 is 49.7 Å². The highest BCUT2D eigenvalue weighted by Crippen LogP contribution is 2.36. The first kappa shape index (κ1) is 17.1. The van der Waals surface area contributed by atoms with E-state index in [0.717, 1.165) is 32.4 Å². The largest absolute Gasteiger partial charge is 0.361 e. The van der Waals surface area contributed by atoms with Crippen LogP contribution in [0.15, 0.2) is 36.7 Å². The number of aryl methyl sites for hydroxylation is 1. The number of amides is 1. The summed E-state index contributed by atoms with van der Waals surface area (Å²) >= 11 is 1.33. The van der Waals surface area contributed by atoms with Crippen molar-refractivity contribution in [2.45, 2.75) is 6.92 Å². The number of hydrogen-bond acceptors (Lipinski definition) is 5. The van der Waals surface area contributed by atoms with E-state index in [1.165, 1.54) is 16.2 Å². The number of carbonyl (C=O) groups is 1. The molecule has 0 unspecified atom stereocenters. The van der Waals surface area contributed by atoms with E-state index in [1.54, 1.807) is 20.3 Å². The van der Waals surface area contributed by atoms with Crippen molar-refractivity contribution in [3.63, 3.8) is 0 Å². The lowest BCUT2D eigenvalue weighted by atomic mass is 10.1. The van der Waals surface area contributed by atoms with Crippen molar-refractivity contribution in [3.05, 3.63) is 52.7 Å². The van der Waals surface area contributed by atoms with Gasteiger partial charge in [0.05, 0.1) is 16.1 Å². The van der Waals surface area contributed by atoms with Crippen LogP contribution >= 0.6 is 11.3 Å². The van der Waals surface area contributed by atoms with Gasteiger partial charge in [0.2, 0.25) is 0 Å². The van der Waals surface area contributed by atoms with Gasteiger partial charge in [0.1, 0.15) is 10.9 Å². The fraction of sp³-hybridized carbons (Fsp3) is 0.150. The molecule has 0 bridgehead atoms. The number of benzene rings is 1. The van der Waals surface area contributed by atoms with Crippen LogP contribution in [0.5, 0.6) is 0 Å². The molecule has 27 heavy (non-hydrogen) atoms. The molecule has 0 aliphatic rings. The summed E-state index contributed by atoms with van der Waals surface area (Å²) in [6.45, 7) is 2.04. The standard InChI is InChI=1S/C20H17N5OS/c1-11-13-6-7-22-16(13)5-4-15(11)24-18-12(9-21)10-23-19-14(18)8-17(27-19)20(26)25(2)3/h4-8,10,22H,1-3H3,(H,23,24). The van der Waals surface area contributed by atoms with Crippen LogP contribution in [0.25, 0.3) is 21.1 Å². The predicted octanol–water partition coefficient (Wildman–Crippen LogP) is 4.40. The number of anilines is 2. The third-order valence-corrected chi connectivity index (χ3v) is 5.59. The maximum atomic E-state index is 12.3. The summed E-state index contributed by atoms with van der Waals surface area (Å²) in [5.41, 5.74) is 4.18. The van der Waals surface area contributed by atoms with Gasteiger partial charge in [-0.2, -0.15) is 5.26 Å². The summed E-state index contributed by atoms with van der Waals surface area (Å²) in [5.74, 6) is -0.0765. The van der Waals surface area contributed by atoms with Gasteiger partial charge in [-0.3, -0.25) is 4.79 Å². The number of nitrogens with zero attached hydrogens (tertiary/aromatic N) is 3. The van der Waals surface area contributed by atoms with Gasteiger partial charge < -0.3 is 15.2 Å². The second-order valence-corrected chi connectivity index (χ2v) is 7.52. The quantitative estimate of drug-likeness (QED) is 0.556. The summed E-state index contributed by atoms with van der Waals surface area (Å²) in [5, 5.41) is 14.9. The first-order valence-corrected chi connectivity index (χ1v) is 9.19. The van der Waals surface area contributed by atoms with Crippen LogP contribution in [0.4, 0.5) is 11.4 Å². The minimum Gasteiger partial charge on any atom is -0.361 e. The van der Waals surface area contributed by atoms with Gasteiger partial charge >= 0.3 is 0 Å². The molecular formula is C20H17N5OS. The number of pyridine rings is 1. The lowest BCUT2D eigenvalue weighted by Crippen LogP contribution is -2.20. The Morgan fingerprint density at radius 2 is 2.11 bits per heavy atom. The average molecular weight is 375 g/mol. The highest BCUT2D eigenvalue weighted by molar-refractivity contribution is 7.20. The summed E-state index contributed by atoms with van der Waals surface area (Å²) < 4.78 is 0. The fourth-order valence-electron chi connectivity index (χ4n) is 3.09. The van der Waals surface area contributed by atoms with Crippen LogP contribution in [0.3, 0.4) is 0 Å². The Hall–Kier alpha value is -3.37. The van der Waals surface area contributed by atoms with Crippen LogP contribution < -0.4 is 5.32 Å². The molecule has 0 aliphatic heterocycles. The second kappa shape index (κ2) is 6.41. The summed E-state index contributed by atoms with van der Waals surface area (Å²) in [7, 11) is 3.44. The number of aromatic nitrogens is 2.